The number of hydrogen-bond acceptors (Lipinski definition) is 2. The Labute approximate surface area is 118 Å². The van der Waals surface area contributed by atoms with Gasteiger partial charge in [0.2, 0.25) is 5.95 Å². The molecule has 4 rings (SSSR count). The SMILES string of the molecule is Nc1nc2ccccc2n1C1CCc2ccccc2C1. The molecule has 0 radical (unpaired) electrons. The first-order chi connectivity index (χ1) is 9.83. The number of fused-ring (bicyclic) bond motifs is 2. The fourth-order valence-electron chi connectivity index (χ4n) is 3.35. The zero-order valence-corrected chi connectivity index (χ0v) is 11.3. The first-order valence-corrected chi connectivity index (χ1v) is 7.12. The van der Waals surface area contributed by atoms with Crippen molar-refractivity contribution in [3.63, 3.8) is 0 Å². The minimum Gasteiger partial charge on any atom is -0.369 e. The van der Waals surface area contributed by atoms with Crippen molar-refractivity contribution in [1.29, 1.82) is 0 Å². The molecule has 1 aromatic heterocycles. The van der Waals surface area contributed by atoms with Crippen LogP contribution in [0.2, 0.25) is 0 Å². The average Bonchev–Trinajstić information content (AvgIpc) is 2.82. The number of nitrogen functional groups attached to an aromatic ring is 1. The van der Waals surface area contributed by atoms with E-state index in [1.807, 2.05) is 12.1 Å². The molecule has 2 N–H and O–H groups in total. The van der Waals surface area contributed by atoms with Crippen LogP contribution in [0.3, 0.4) is 0 Å². The van der Waals surface area contributed by atoms with Gasteiger partial charge in [0.05, 0.1) is 11.0 Å². The van der Waals surface area contributed by atoms with Crippen molar-refractivity contribution in [2.45, 2.75) is 25.3 Å². The molecule has 2 aromatic carbocycles. The summed E-state index contributed by atoms with van der Waals surface area (Å²) in [6.45, 7) is 0. The van der Waals surface area contributed by atoms with Gasteiger partial charge in [-0.3, -0.25) is 0 Å². The summed E-state index contributed by atoms with van der Waals surface area (Å²) in [4.78, 5) is 4.49. The summed E-state index contributed by atoms with van der Waals surface area (Å²) >= 11 is 0. The Morgan fingerprint density at radius 3 is 2.65 bits per heavy atom. The minimum absolute atomic E-state index is 0.414. The number of hydrogen-bond donors (Lipinski definition) is 1. The number of aryl methyl sites for hydroxylation is 1. The second kappa shape index (κ2) is 4.37. The van der Waals surface area contributed by atoms with Crippen molar-refractivity contribution in [2.24, 2.45) is 0 Å². The van der Waals surface area contributed by atoms with Crippen molar-refractivity contribution >= 4 is 17.0 Å². The molecule has 0 fully saturated rings. The van der Waals surface area contributed by atoms with Crippen LogP contribution in [0.15, 0.2) is 48.5 Å². The number of nitrogens with two attached hydrogens (primary N) is 1. The molecule has 3 heteroatoms. The van der Waals surface area contributed by atoms with Gasteiger partial charge >= 0.3 is 0 Å². The quantitative estimate of drug-likeness (QED) is 0.731. The molecule has 100 valence electrons. The summed E-state index contributed by atoms with van der Waals surface area (Å²) in [5.41, 5.74) is 11.2. The normalized spacial score (nSPS) is 18.1. The Hall–Kier alpha value is -2.29. The van der Waals surface area contributed by atoms with Crippen LogP contribution in [0.4, 0.5) is 5.95 Å². The fourth-order valence-corrected chi connectivity index (χ4v) is 3.35. The molecule has 0 aliphatic heterocycles. The average molecular weight is 263 g/mol. The van der Waals surface area contributed by atoms with Crippen molar-refractivity contribution in [3.05, 3.63) is 59.7 Å². The maximum Gasteiger partial charge on any atom is 0.201 e. The van der Waals surface area contributed by atoms with Gasteiger partial charge in [-0.2, -0.15) is 0 Å². The Kier molecular flexibility index (Phi) is 2.52. The van der Waals surface area contributed by atoms with E-state index >= 15 is 0 Å². The third-order valence-corrected chi connectivity index (χ3v) is 4.31. The lowest BCUT2D eigenvalue weighted by molar-refractivity contribution is 0.457. The molecule has 1 aliphatic carbocycles. The highest BCUT2D eigenvalue weighted by Crippen LogP contribution is 2.33. The first-order valence-electron chi connectivity index (χ1n) is 7.12. The van der Waals surface area contributed by atoms with Crippen LogP contribution in [-0.2, 0) is 12.8 Å². The predicted octanol–water partition coefficient (Wildman–Crippen LogP) is 3.35. The van der Waals surface area contributed by atoms with E-state index in [9.17, 15) is 0 Å². The molecule has 1 aliphatic rings. The predicted molar refractivity (Wildman–Crippen MR) is 81.6 cm³/mol. The zero-order chi connectivity index (χ0) is 13.5. The van der Waals surface area contributed by atoms with Gasteiger partial charge < -0.3 is 10.3 Å². The number of nitrogens with zero attached hydrogens (tertiary/aromatic N) is 2. The number of aromatic nitrogens is 2. The number of rotatable bonds is 1. The Bertz CT molecular complexity index is 773. The highest BCUT2D eigenvalue weighted by molar-refractivity contribution is 5.78. The molecule has 0 amide bonds. The monoisotopic (exact) mass is 263 g/mol. The van der Waals surface area contributed by atoms with Crippen LogP contribution < -0.4 is 5.73 Å². The maximum atomic E-state index is 6.16. The topological polar surface area (TPSA) is 43.8 Å². The highest BCUT2D eigenvalue weighted by atomic mass is 15.2. The molecule has 1 atom stereocenters. The van der Waals surface area contributed by atoms with Crippen LogP contribution in [-0.4, -0.2) is 9.55 Å². The van der Waals surface area contributed by atoms with Crippen LogP contribution in [0.1, 0.15) is 23.6 Å². The molecule has 20 heavy (non-hydrogen) atoms. The zero-order valence-electron chi connectivity index (χ0n) is 11.3. The van der Waals surface area contributed by atoms with Crippen LogP contribution in [0.25, 0.3) is 11.0 Å². The third-order valence-electron chi connectivity index (χ3n) is 4.31. The van der Waals surface area contributed by atoms with Crippen LogP contribution in [0, 0.1) is 0 Å². The second-order valence-corrected chi connectivity index (χ2v) is 5.49. The summed E-state index contributed by atoms with van der Waals surface area (Å²) in [6.07, 6.45) is 3.29. The molecule has 1 heterocycles. The molecule has 1 unspecified atom stereocenters. The van der Waals surface area contributed by atoms with E-state index in [2.05, 4.69) is 45.9 Å². The van der Waals surface area contributed by atoms with E-state index in [0.29, 0.717) is 12.0 Å². The lowest BCUT2D eigenvalue weighted by atomic mass is 9.88. The van der Waals surface area contributed by atoms with Crippen LogP contribution >= 0.6 is 0 Å². The molecule has 0 saturated carbocycles. The van der Waals surface area contributed by atoms with Crippen LogP contribution in [0.5, 0.6) is 0 Å². The molecule has 0 saturated heterocycles. The maximum absolute atomic E-state index is 6.16. The summed E-state index contributed by atoms with van der Waals surface area (Å²) in [5.74, 6) is 0.635. The molecule has 3 aromatic rings. The summed E-state index contributed by atoms with van der Waals surface area (Å²) in [6, 6.07) is 17.3. The van der Waals surface area contributed by atoms with E-state index in [1.165, 1.54) is 11.1 Å². The molecule has 3 nitrogen and oxygen atoms in total. The second-order valence-electron chi connectivity index (χ2n) is 5.49. The van der Waals surface area contributed by atoms with Gasteiger partial charge in [-0.25, -0.2) is 4.98 Å². The van der Waals surface area contributed by atoms with E-state index in [-0.39, 0.29) is 0 Å². The van der Waals surface area contributed by atoms with Gasteiger partial charge in [-0.15, -0.1) is 0 Å². The Morgan fingerprint density at radius 2 is 1.75 bits per heavy atom. The molecular weight excluding hydrogens is 246 g/mol. The standard InChI is InChI=1S/C17H17N3/c18-17-19-15-7-3-4-8-16(15)20(17)14-10-9-12-5-1-2-6-13(12)11-14/h1-8,14H,9-11H2,(H2,18,19). The first kappa shape index (κ1) is 11.5. The lowest BCUT2D eigenvalue weighted by Crippen LogP contribution is -2.19. The van der Waals surface area contributed by atoms with E-state index in [1.54, 1.807) is 0 Å². The van der Waals surface area contributed by atoms with Gasteiger partial charge in [-0.1, -0.05) is 36.4 Å². The fraction of sp³-hybridized carbons (Fsp3) is 0.235. The van der Waals surface area contributed by atoms with Gasteiger partial charge in [0.15, 0.2) is 0 Å². The number of para-hydroxylation sites is 2. The highest BCUT2D eigenvalue weighted by Gasteiger charge is 2.22. The summed E-state index contributed by atoms with van der Waals surface area (Å²) < 4.78 is 2.21. The molecular formula is C17H17N3. The van der Waals surface area contributed by atoms with Gasteiger partial charge in [-0.05, 0) is 42.5 Å². The van der Waals surface area contributed by atoms with Crippen molar-refractivity contribution in [2.75, 3.05) is 5.73 Å². The minimum atomic E-state index is 0.414. The van der Waals surface area contributed by atoms with Gasteiger partial charge in [0, 0.05) is 6.04 Å². The molecule has 0 spiro atoms. The van der Waals surface area contributed by atoms with Gasteiger partial charge in [0.25, 0.3) is 0 Å². The Balaban J connectivity index is 1.80. The summed E-state index contributed by atoms with van der Waals surface area (Å²) in [5, 5.41) is 0. The number of imidazole rings is 1. The smallest absolute Gasteiger partial charge is 0.201 e. The van der Waals surface area contributed by atoms with E-state index < -0.39 is 0 Å². The van der Waals surface area contributed by atoms with Crippen molar-refractivity contribution in [3.8, 4) is 0 Å². The van der Waals surface area contributed by atoms with E-state index in [0.717, 1.165) is 30.3 Å². The molecule has 0 bridgehead atoms. The van der Waals surface area contributed by atoms with Crippen molar-refractivity contribution in [1.82, 2.24) is 9.55 Å². The number of benzene rings is 2. The van der Waals surface area contributed by atoms with Gasteiger partial charge in [0.1, 0.15) is 0 Å². The lowest BCUT2D eigenvalue weighted by Gasteiger charge is -2.27. The number of anilines is 1. The van der Waals surface area contributed by atoms with Crippen molar-refractivity contribution < 1.29 is 0 Å². The summed E-state index contributed by atoms with van der Waals surface area (Å²) in [7, 11) is 0. The van der Waals surface area contributed by atoms with E-state index in [4.69, 9.17) is 5.73 Å². The Morgan fingerprint density at radius 1 is 1.00 bits per heavy atom. The third kappa shape index (κ3) is 1.70. The largest absolute Gasteiger partial charge is 0.369 e.